The van der Waals surface area contributed by atoms with Gasteiger partial charge in [-0.2, -0.15) is 4.98 Å². The first kappa shape index (κ1) is 16.5. The van der Waals surface area contributed by atoms with Crippen molar-refractivity contribution in [1.82, 2.24) is 9.97 Å². The van der Waals surface area contributed by atoms with Crippen LogP contribution >= 0.6 is 11.6 Å². The van der Waals surface area contributed by atoms with Crippen molar-refractivity contribution in [3.63, 3.8) is 0 Å². The maximum Gasteiger partial charge on any atom is 0.231 e. The summed E-state index contributed by atoms with van der Waals surface area (Å²) < 4.78 is 10.7. The second-order valence-electron chi connectivity index (χ2n) is 5.89. The Balaban J connectivity index is 1.45. The van der Waals surface area contributed by atoms with Crippen molar-refractivity contribution in [3.8, 4) is 11.5 Å². The predicted octanol–water partition coefficient (Wildman–Crippen LogP) is 4.52. The predicted molar refractivity (Wildman–Crippen MR) is 101 cm³/mol. The minimum atomic E-state index is 0.270. The van der Waals surface area contributed by atoms with E-state index >= 15 is 0 Å². The fourth-order valence-corrected chi connectivity index (χ4v) is 2.78. The van der Waals surface area contributed by atoms with Gasteiger partial charge in [0.1, 0.15) is 5.82 Å². The Morgan fingerprint density at radius 1 is 1.08 bits per heavy atom. The zero-order chi connectivity index (χ0) is 17.9. The molecule has 0 saturated heterocycles. The summed E-state index contributed by atoms with van der Waals surface area (Å²) in [7, 11) is 0. The topological polar surface area (TPSA) is 68.3 Å². The molecule has 1 aliphatic rings. The fraction of sp³-hybridized carbons (Fsp3) is 0.158. The zero-order valence-electron chi connectivity index (χ0n) is 14.1. The second kappa shape index (κ2) is 7.09. The highest BCUT2D eigenvalue weighted by molar-refractivity contribution is 6.30. The lowest BCUT2D eigenvalue weighted by molar-refractivity contribution is 0.174. The third-order valence-corrected chi connectivity index (χ3v) is 4.24. The van der Waals surface area contributed by atoms with Gasteiger partial charge in [0.15, 0.2) is 11.5 Å². The summed E-state index contributed by atoms with van der Waals surface area (Å²) in [5.74, 6) is 2.76. The van der Waals surface area contributed by atoms with Gasteiger partial charge < -0.3 is 20.1 Å². The Morgan fingerprint density at radius 2 is 1.96 bits per heavy atom. The SMILES string of the molecule is Cc1ccc(Cl)cc1Nc1ccnc(NCc2ccc3c(c2)OCO3)n1. The maximum atomic E-state index is 6.07. The van der Waals surface area contributed by atoms with Crippen LogP contribution in [0.4, 0.5) is 17.5 Å². The molecule has 0 bridgehead atoms. The number of ether oxygens (including phenoxy) is 2. The van der Waals surface area contributed by atoms with E-state index in [1.54, 1.807) is 6.20 Å². The quantitative estimate of drug-likeness (QED) is 0.690. The third kappa shape index (κ3) is 3.65. The average molecular weight is 369 g/mol. The Morgan fingerprint density at radius 3 is 2.88 bits per heavy atom. The number of fused-ring (bicyclic) bond motifs is 1. The van der Waals surface area contributed by atoms with Crippen LogP contribution < -0.4 is 20.1 Å². The smallest absolute Gasteiger partial charge is 0.231 e. The lowest BCUT2D eigenvalue weighted by atomic mass is 10.2. The first-order valence-corrected chi connectivity index (χ1v) is 8.54. The van der Waals surface area contributed by atoms with Gasteiger partial charge in [0.2, 0.25) is 12.7 Å². The molecule has 132 valence electrons. The van der Waals surface area contributed by atoms with Crippen molar-refractivity contribution in [2.75, 3.05) is 17.4 Å². The van der Waals surface area contributed by atoms with Crippen LogP contribution in [-0.2, 0) is 6.54 Å². The Hall–Kier alpha value is -2.99. The molecule has 7 heteroatoms. The van der Waals surface area contributed by atoms with Crippen molar-refractivity contribution in [2.45, 2.75) is 13.5 Å². The van der Waals surface area contributed by atoms with Crippen LogP contribution in [0.15, 0.2) is 48.7 Å². The van der Waals surface area contributed by atoms with Gasteiger partial charge in [-0.25, -0.2) is 4.98 Å². The molecule has 0 atom stereocenters. The van der Waals surface area contributed by atoms with Crippen molar-refractivity contribution < 1.29 is 9.47 Å². The molecule has 2 N–H and O–H groups in total. The first-order valence-electron chi connectivity index (χ1n) is 8.16. The van der Waals surface area contributed by atoms with Crippen molar-refractivity contribution >= 4 is 29.1 Å². The number of nitrogens with one attached hydrogen (secondary N) is 2. The third-order valence-electron chi connectivity index (χ3n) is 4.01. The number of rotatable bonds is 5. The van der Waals surface area contributed by atoms with Crippen LogP contribution in [0, 0.1) is 6.92 Å². The summed E-state index contributed by atoms with van der Waals surface area (Å²) in [6.45, 7) is 2.86. The summed E-state index contributed by atoms with van der Waals surface area (Å²) in [5, 5.41) is 7.17. The van der Waals surface area contributed by atoms with Gasteiger partial charge >= 0.3 is 0 Å². The van der Waals surface area contributed by atoms with E-state index < -0.39 is 0 Å². The van der Waals surface area contributed by atoms with E-state index in [4.69, 9.17) is 21.1 Å². The number of hydrogen-bond acceptors (Lipinski definition) is 6. The van der Waals surface area contributed by atoms with Gasteiger partial charge in [0.25, 0.3) is 0 Å². The molecule has 2 heterocycles. The molecule has 0 amide bonds. The molecule has 4 rings (SSSR count). The summed E-state index contributed by atoms with van der Waals surface area (Å²) in [6.07, 6.45) is 1.71. The second-order valence-corrected chi connectivity index (χ2v) is 6.33. The molecule has 0 radical (unpaired) electrons. The van der Waals surface area contributed by atoms with E-state index in [0.29, 0.717) is 23.3 Å². The van der Waals surface area contributed by atoms with Crippen LogP contribution in [0.25, 0.3) is 0 Å². The van der Waals surface area contributed by atoms with Crippen LogP contribution in [0.5, 0.6) is 11.5 Å². The van der Waals surface area contributed by atoms with E-state index in [1.807, 2.05) is 49.4 Å². The van der Waals surface area contributed by atoms with Gasteiger partial charge in [0, 0.05) is 23.5 Å². The van der Waals surface area contributed by atoms with E-state index in [9.17, 15) is 0 Å². The monoisotopic (exact) mass is 368 g/mol. The Kier molecular flexibility index (Phi) is 4.50. The minimum Gasteiger partial charge on any atom is -0.454 e. The highest BCUT2D eigenvalue weighted by atomic mass is 35.5. The van der Waals surface area contributed by atoms with Crippen molar-refractivity contribution in [1.29, 1.82) is 0 Å². The van der Waals surface area contributed by atoms with Gasteiger partial charge in [-0.15, -0.1) is 0 Å². The fourth-order valence-electron chi connectivity index (χ4n) is 2.61. The Bertz CT molecular complexity index is 949. The summed E-state index contributed by atoms with van der Waals surface area (Å²) in [6, 6.07) is 13.3. The molecular weight excluding hydrogens is 352 g/mol. The van der Waals surface area contributed by atoms with Crippen LogP contribution in [-0.4, -0.2) is 16.8 Å². The molecule has 2 aromatic carbocycles. The van der Waals surface area contributed by atoms with Crippen LogP contribution in [0.2, 0.25) is 5.02 Å². The summed E-state index contributed by atoms with van der Waals surface area (Å²) in [4.78, 5) is 8.76. The van der Waals surface area contributed by atoms with E-state index in [1.165, 1.54) is 0 Å². The number of anilines is 3. The number of halogens is 1. The largest absolute Gasteiger partial charge is 0.454 e. The lowest BCUT2D eigenvalue weighted by Crippen LogP contribution is -2.05. The average Bonchev–Trinajstić information content (AvgIpc) is 3.11. The normalized spacial score (nSPS) is 12.1. The molecule has 1 aromatic heterocycles. The molecule has 0 aliphatic carbocycles. The highest BCUT2D eigenvalue weighted by Gasteiger charge is 2.13. The van der Waals surface area contributed by atoms with Gasteiger partial charge in [-0.05, 0) is 48.4 Å². The van der Waals surface area contributed by atoms with Gasteiger partial charge in [0.05, 0.1) is 0 Å². The number of nitrogens with zero attached hydrogens (tertiary/aromatic N) is 2. The number of hydrogen-bond donors (Lipinski definition) is 2. The highest BCUT2D eigenvalue weighted by Crippen LogP contribution is 2.32. The molecule has 0 fully saturated rings. The molecule has 1 aliphatic heterocycles. The summed E-state index contributed by atoms with van der Waals surface area (Å²) in [5.41, 5.74) is 3.06. The van der Waals surface area contributed by atoms with Gasteiger partial charge in [-0.3, -0.25) is 0 Å². The van der Waals surface area contributed by atoms with Crippen LogP contribution in [0.3, 0.4) is 0 Å². The Labute approximate surface area is 156 Å². The number of benzene rings is 2. The summed E-state index contributed by atoms with van der Waals surface area (Å²) >= 11 is 6.07. The molecule has 0 spiro atoms. The molecule has 3 aromatic rings. The molecule has 26 heavy (non-hydrogen) atoms. The molecule has 6 nitrogen and oxygen atoms in total. The number of aryl methyl sites for hydroxylation is 1. The van der Waals surface area contributed by atoms with Crippen molar-refractivity contribution in [2.24, 2.45) is 0 Å². The van der Waals surface area contributed by atoms with E-state index in [0.717, 1.165) is 28.3 Å². The van der Waals surface area contributed by atoms with Crippen molar-refractivity contribution in [3.05, 3.63) is 64.8 Å². The van der Waals surface area contributed by atoms with E-state index in [2.05, 4.69) is 20.6 Å². The van der Waals surface area contributed by atoms with E-state index in [-0.39, 0.29) is 6.79 Å². The minimum absolute atomic E-state index is 0.270. The number of aromatic nitrogens is 2. The molecule has 0 saturated carbocycles. The molecular formula is C19H17ClN4O2. The molecule has 0 unspecified atom stereocenters. The first-order chi connectivity index (χ1) is 12.7. The lowest BCUT2D eigenvalue weighted by Gasteiger charge is -2.11. The van der Waals surface area contributed by atoms with Crippen LogP contribution in [0.1, 0.15) is 11.1 Å². The zero-order valence-corrected chi connectivity index (χ0v) is 14.9. The standard InChI is InChI=1S/C19H17ClN4O2/c1-12-2-4-14(20)9-15(12)23-18-6-7-21-19(24-18)22-10-13-3-5-16-17(8-13)26-11-25-16/h2-9H,10-11H2,1H3,(H2,21,22,23,24). The van der Waals surface area contributed by atoms with Gasteiger partial charge in [-0.1, -0.05) is 23.7 Å². The maximum absolute atomic E-state index is 6.07.